The summed E-state index contributed by atoms with van der Waals surface area (Å²) in [6, 6.07) is 14.9. The first-order chi connectivity index (χ1) is 12.9. The monoisotopic (exact) mass is 365 g/mol. The second-order valence-electron chi connectivity index (χ2n) is 6.40. The van der Waals surface area contributed by atoms with Crippen LogP contribution >= 0.6 is 0 Å². The summed E-state index contributed by atoms with van der Waals surface area (Å²) in [6.07, 6.45) is -1.13. The number of esters is 1. The van der Waals surface area contributed by atoms with Gasteiger partial charge in [0.05, 0.1) is 5.39 Å². The molecule has 0 radical (unpaired) electrons. The summed E-state index contributed by atoms with van der Waals surface area (Å²) < 4.78 is 10.9. The van der Waals surface area contributed by atoms with Crippen LogP contribution in [0.2, 0.25) is 0 Å². The zero-order valence-electron chi connectivity index (χ0n) is 15.3. The molecule has 2 aromatic carbocycles. The highest BCUT2D eigenvalue weighted by Crippen LogP contribution is 2.22. The minimum atomic E-state index is -1.13. The molecule has 3 rings (SSSR count). The molecule has 138 valence electrons. The third-order valence-electron chi connectivity index (χ3n) is 4.08. The maximum atomic E-state index is 12.6. The van der Waals surface area contributed by atoms with E-state index in [1.165, 1.54) is 4.90 Å². The van der Waals surface area contributed by atoms with Crippen LogP contribution in [0.5, 0.6) is 0 Å². The molecule has 0 aliphatic rings. The van der Waals surface area contributed by atoms with Crippen molar-refractivity contribution in [2.45, 2.75) is 13.0 Å². The van der Waals surface area contributed by atoms with Crippen molar-refractivity contribution >= 4 is 22.8 Å². The predicted octanol–water partition coefficient (Wildman–Crippen LogP) is 3.09. The van der Waals surface area contributed by atoms with Crippen LogP contribution in [-0.4, -0.2) is 30.9 Å². The Morgan fingerprint density at radius 1 is 1.04 bits per heavy atom. The zero-order valence-corrected chi connectivity index (χ0v) is 15.3. The van der Waals surface area contributed by atoms with Crippen molar-refractivity contribution in [1.82, 2.24) is 4.90 Å². The number of carbonyl (C=O) groups is 2. The van der Waals surface area contributed by atoms with Crippen LogP contribution in [0.15, 0.2) is 63.8 Å². The number of rotatable bonds is 4. The number of likely N-dealkylation sites (N-methyl/N-ethyl adjacent to an activating group) is 1. The Morgan fingerprint density at radius 3 is 2.41 bits per heavy atom. The molecular weight excluding hydrogens is 346 g/mol. The quantitative estimate of drug-likeness (QED) is 0.664. The normalized spacial score (nSPS) is 11.8. The summed E-state index contributed by atoms with van der Waals surface area (Å²) in [6.45, 7) is 1.86. The van der Waals surface area contributed by atoms with Crippen molar-refractivity contribution in [3.05, 3.63) is 81.7 Å². The maximum absolute atomic E-state index is 12.6. The average Bonchev–Trinajstić information content (AvgIpc) is 2.66. The molecule has 0 saturated heterocycles. The van der Waals surface area contributed by atoms with Crippen molar-refractivity contribution < 1.29 is 18.7 Å². The SMILES string of the molecule is Cc1ccc2oc(C(=O)O[C@@H](C(=O)N(C)C)c3ccccc3)cc(=O)c2c1. The Bertz CT molecular complexity index is 1050. The van der Waals surface area contributed by atoms with Crippen molar-refractivity contribution in [1.29, 1.82) is 0 Å². The molecule has 27 heavy (non-hydrogen) atoms. The Kier molecular flexibility index (Phi) is 5.07. The summed E-state index contributed by atoms with van der Waals surface area (Å²) in [5.41, 5.74) is 1.38. The Morgan fingerprint density at radius 2 is 1.74 bits per heavy atom. The summed E-state index contributed by atoms with van der Waals surface area (Å²) >= 11 is 0. The van der Waals surface area contributed by atoms with Gasteiger partial charge in [0.25, 0.3) is 5.91 Å². The van der Waals surface area contributed by atoms with Gasteiger partial charge in [0.2, 0.25) is 11.9 Å². The van der Waals surface area contributed by atoms with E-state index in [1.54, 1.807) is 62.6 Å². The van der Waals surface area contributed by atoms with Crippen LogP contribution in [0.4, 0.5) is 0 Å². The summed E-state index contributed by atoms with van der Waals surface area (Å²) in [5.74, 6) is -1.52. The molecule has 0 unspecified atom stereocenters. The van der Waals surface area contributed by atoms with E-state index in [0.717, 1.165) is 11.6 Å². The second-order valence-corrected chi connectivity index (χ2v) is 6.40. The van der Waals surface area contributed by atoms with E-state index in [9.17, 15) is 14.4 Å². The molecule has 1 aromatic heterocycles. The number of hydrogen-bond acceptors (Lipinski definition) is 5. The standard InChI is InChI=1S/C21H19NO5/c1-13-9-10-17-15(11-13)16(23)12-18(26-17)21(25)27-19(20(24)22(2)3)14-7-5-4-6-8-14/h4-12,19H,1-3H3/t19-/m1/s1. The van der Waals surface area contributed by atoms with E-state index in [-0.39, 0.29) is 16.8 Å². The molecule has 6 heteroatoms. The Labute approximate surface area is 156 Å². The molecule has 0 fully saturated rings. The second kappa shape index (κ2) is 7.45. The van der Waals surface area contributed by atoms with Gasteiger partial charge in [0.1, 0.15) is 5.58 Å². The van der Waals surface area contributed by atoms with Gasteiger partial charge in [0.15, 0.2) is 5.43 Å². The van der Waals surface area contributed by atoms with Crippen LogP contribution in [0.3, 0.4) is 0 Å². The number of amides is 1. The highest BCUT2D eigenvalue weighted by atomic mass is 16.6. The predicted molar refractivity (Wildman–Crippen MR) is 101 cm³/mol. The highest BCUT2D eigenvalue weighted by Gasteiger charge is 2.28. The van der Waals surface area contributed by atoms with Gasteiger partial charge in [-0.3, -0.25) is 9.59 Å². The lowest BCUT2D eigenvalue weighted by Crippen LogP contribution is -2.31. The molecule has 0 N–H and O–H groups in total. The summed E-state index contributed by atoms with van der Waals surface area (Å²) in [5, 5.41) is 0.385. The van der Waals surface area contributed by atoms with Gasteiger partial charge in [-0.1, -0.05) is 42.0 Å². The zero-order chi connectivity index (χ0) is 19.6. The number of benzene rings is 2. The van der Waals surface area contributed by atoms with E-state index < -0.39 is 18.0 Å². The van der Waals surface area contributed by atoms with Crippen LogP contribution < -0.4 is 5.43 Å². The fourth-order valence-corrected chi connectivity index (χ4v) is 2.66. The fraction of sp³-hybridized carbons (Fsp3) is 0.190. The van der Waals surface area contributed by atoms with Crippen molar-refractivity contribution in [2.24, 2.45) is 0 Å². The number of aryl methyl sites for hydroxylation is 1. The van der Waals surface area contributed by atoms with Crippen LogP contribution in [0, 0.1) is 6.92 Å². The van der Waals surface area contributed by atoms with Crippen molar-refractivity contribution in [3.8, 4) is 0 Å². The molecule has 0 aliphatic carbocycles. The molecule has 0 saturated carbocycles. The van der Waals surface area contributed by atoms with Gasteiger partial charge < -0.3 is 14.1 Å². The number of carbonyl (C=O) groups excluding carboxylic acids is 2. The van der Waals surface area contributed by atoms with E-state index in [0.29, 0.717) is 10.9 Å². The summed E-state index contributed by atoms with van der Waals surface area (Å²) in [7, 11) is 3.15. The van der Waals surface area contributed by atoms with Crippen LogP contribution in [-0.2, 0) is 9.53 Å². The maximum Gasteiger partial charge on any atom is 0.375 e. The van der Waals surface area contributed by atoms with Crippen LogP contribution in [0.1, 0.15) is 27.8 Å². The number of ether oxygens (including phenoxy) is 1. The topological polar surface area (TPSA) is 76.8 Å². The Hall–Kier alpha value is -3.41. The van der Waals surface area contributed by atoms with E-state index >= 15 is 0 Å². The largest absolute Gasteiger partial charge is 0.449 e. The highest BCUT2D eigenvalue weighted by molar-refractivity contribution is 5.92. The third kappa shape index (κ3) is 3.89. The fourth-order valence-electron chi connectivity index (χ4n) is 2.66. The molecule has 6 nitrogen and oxygen atoms in total. The molecule has 1 heterocycles. The van der Waals surface area contributed by atoms with E-state index in [1.807, 2.05) is 6.92 Å². The first kappa shape index (κ1) is 18.4. The lowest BCUT2D eigenvalue weighted by molar-refractivity contribution is -0.138. The minimum absolute atomic E-state index is 0.246. The molecule has 3 aromatic rings. The lowest BCUT2D eigenvalue weighted by Gasteiger charge is -2.21. The third-order valence-corrected chi connectivity index (χ3v) is 4.08. The van der Waals surface area contributed by atoms with Gasteiger partial charge in [-0.2, -0.15) is 0 Å². The van der Waals surface area contributed by atoms with Crippen LogP contribution in [0.25, 0.3) is 11.0 Å². The lowest BCUT2D eigenvalue weighted by atomic mass is 10.1. The van der Waals surface area contributed by atoms with Gasteiger partial charge in [0, 0.05) is 25.7 Å². The van der Waals surface area contributed by atoms with Gasteiger partial charge >= 0.3 is 5.97 Å². The average molecular weight is 365 g/mol. The number of nitrogens with zero attached hydrogens (tertiary/aromatic N) is 1. The minimum Gasteiger partial charge on any atom is -0.449 e. The molecule has 0 bridgehead atoms. The molecule has 1 atom stereocenters. The number of fused-ring (bicyclic) bond motifs is 1. The smallest absolute Gasteiger partial charge is 0.375 e. The van der Waals surface area contributed by atoms with Crippen molar-refractivity contribution in [3.63, 3.8) is 0 Å². The molecular formula is C21H19NO5. The Balaban J connectivity index is 1.96. The van der Waals surface area contributed by atoms with E-state index in [2.05, 4.69) is 0 Å². The van der Waals surface area contributed by atoms with Gasteiger partial charge in [-0.25, -0.2) is 4.79 Å². The first-order valence-electron chi connectivity index (χ1n) is 8.38. The summed E-state index contributed by atoms with van der Waals surface area (Å²) in [4.78, 5) is 38.7. The first-order valence-corrected chi connectivity index (χ1v) is 8.38. The van der Waals surface area contributed by atoms with Gasteiger partial charge in [-0.15, -0.1) is 0 Å². The van der Waals surface area contributed by atoms with E-state index in [4.69, 9.17) is 9.15 Å². The van der Waals surface area contributed by atoms with Gasteiger partial charge in [-0.05, 0) is 19.1 Å². The molecule has 0 spiro atoms. The molecule has 1 amide bonds. The van der Waals surface area contributed by atoms with Crippen molar-refractivity contribution in [2.75, 3.05) is 14.1 Å². The number of hydrogen-bond donors (Lipinski definition) is 0. The molecule has 0 aliphatic heterocycles.